The number of fused-ring (bicyclic) bond motifs is 6. The molecule has 4 aromatic rings. The molecule has 0 unspecified atom stereocenters. The average molecular weight is 579 g/mol. The number of allylic oxidation sites excluding steroid dienone is 1. The molecule has 1 amide bonds. The Bertz CT molecular complexity index is 1800. The van der Waals surface area contributed by atoms with Crippen molar-refractivity contribution in [1.29, 1.82) is 0 Å². The second-order valence-electron chi connectivity index (χ2n) is 10.7. The van der Waals surface area contributed by atoms with Crippen LogP contribution in [0.1, 0.15) is 38.8 Å². The van der Waals surface area contributed by atoms with Gasteiger partial charge in [-0.05, 0) is 48.4 Å². The van der Waals surface area contributed by atoms with Gasteiger partial charge in [-0.15, -0.1) is 0 Å². The van der Waals surface area contributed by atoms with E-state index in [9.17, 15) is 14.4 Å². The van der Waals surface area contributed by atoms with Gasteiger partial charge in [0.2, 0.25) is 5.91 Å². The summed E-state index contributed by atoms with van der Waals surface area (Å²) in [4.78, 5) is 45.9. The van der Waals surface area contributed by atoms with E-state index in [1.807, 2.05) is 72.5 Å². The fourth-order valence-corrected chi connectivity index (χ4v) is 7.52. The molecule has 1 saturated heterocycles. The van der Waals surface area contributed by atoms with E-state index in [0.717, 1.165) is 16.8 Å². The minimum absolute atomic E-state index is 0.173. The number of rotatable bonds is 4. The third-order valence-corrected chi connectivity index (χ3v) is 9.24. The number of halogens is 2. The first-order valence-corrected chi connectivity index (χ1v) is 14.1. The van der Waals surface area contributed by atoms with Crippen molar-refractivity contribution in [2.75, 3.05) is 10.2 Å². The van der Waals surface area contributed by atoms with Crippen LogP contribution in [0.5, 0.6) is 0 Å². The molecule has 5 nitrogen and oxygen atoms in total. The fraction of sp³-hybridized carbons (Fsp3) is 0.147. The van der Waals surface area contributed by atoms with Crippen LogP contribution in [0.3, 0.4) is 0 Å². The number of nitrogens with one attached hydrogen (secondary N) is 1. The lowest BCUT2D eigenvalue weighted by Gasteiger charge is -2.39. The van der Waals surface area contributed by atoms with Gasteiger partial charge in [-0.2, -0.15) is 0 Å². The molecule has 41 heavy (non-hydrogen) atoms. The highest BCUT2D eigenvalue weighted by Gasteiger charge is 2.70. The predicted octanol–water partition coefficient (Wildman–Crippen LogP) is 7.24. The molecule has 7 heteroatoms. The minimum atomic E-state index is -1.40. The van der Waals surface area contributed by atoms with E-state index in [2.05, 4.69) is 5.32 Å². The molecule has 0 radical (unpaired) electrons. The Balaban J connectivity index is 1.57. The molecule has 0 saturated carbocycles. The zero-order valence-electron chi connectivity index (χ0n) is 22.0. The lowest BCUT2D eigenvalue weighted by atomic mass is 9.64. The first kappa shape index (κ1) is 25.8. The molecular weight excluding hydrogens is 555 g/mol. The van der Waals surface area contributed by atoms with Gasteiger partial charge in [-0.1, -0.05) is 96.0 Å². The maximum atomic E-state index is 14.9. The first-order chi connectivity index (χ1) is 19.8. The van der Waals surface area contributed by atoms with Crippen LogP contribution in [0.15, 0.2) is 103 Å². The van der Waals surface area contributed by atoms with Crippen LogP contribution < -0.4 is 10.2 Å². The van der Waals surface area contributed by atoms with Crippen LogP contribution in [-0.2, 0) is 10.2 Å². The summed E-state index contributed by atoms with van der Waals surface area (Å²) >= 11 is 12.8. The van der Waals surface area contributed by atoms with Crippen LogP contribution in [0.4, 0.5) is 11.4 Å². The monoisotopic (exact) mass is 578 g/mol. The molecule has 3 aliphatic rings. The van der Waals surface area contributed by atoms with Crippen molar-refractivity contribution in [2.45, 2.75) is 24.4 Å². The normalized spacial score (nSPS) is 23.9. The molecule has 0 aromatic heterocycles. The second-order valence-corrected chi connectivity index (χ2v) is 11.6. The van der Waals surface area contributed by atoms with Gasteiger partial charge in [0.1, 0.15) is 11.5 Å². The summed E-state index contributed by atoms with van der Waals surface area (Å²) in [5, 5.41) is 3.61. The molecule has 7 rings (SSSR count). The number of anilines is 2. The van der Waals surface area contributed by atoms with E-state index in [-0.39, 0.29) is 28.1 Å². The van der Waals surface area contributed by atoms with E-state index in [1.165, 1.54) is 6.07 Å². The average Bonchev–Trinajstić information content (AvgIpc) is 3.45. The summed E-state index contributed by atoms with van der Waals surface area (Å²) in [5.74, 6) is -2.04. The summed E-state index contributed by atoms with van der Waals surface area (Å²) in [5.41, 5.74) is 3.34. The Hall–Kier alpha value is -4.19. The predicted molar refractivity (Wildman–Crippen MR) is 162 cm³/mol. The van der Waals surface area contributed by atoms with Crippen molar-refractivity contribution in [1.82, 2.24) is 0 Å². The Morgan fingerprint density at radius 2 is 1.56 bits per heavy atom. The molecule has 4 atom stereocenters. The summed E-state index contributed by atoms with van der Waals surface area (Å²) in [6.45, 7) is 2.00. The number of carbonyl (C=O) groups excluding carboxylic acids is 3. The topological polar surface area (TPSA) is 66.5 Å². The van der Waals surface area contributed by atoms with E-state index in [4.69, 9.17) is 23.2 Å². The highest BCUT2D eigenvalue weighted by Crippen LogP contribution is 2.59. The number of benzene rings is 4. The van der Waals surface area contributed by atoms with Crippen LogP contribution in [0.25, 0.3) is 5.57 Å². The molecule has 4 aromatic carbocycles. The highest BCUT2D eigenvalue weighted by molar-refractivity contribution is 6.37. The number of hydrogen-bond acceptors (Lipinski definition) is 4. The number of nitrogens with zero attached hydrogens (tertiary/aromatic N) is 1. The van der Waals surface area contributed by atoms with Crippen molar-refractivity contribution < 1.29 is 14.4 Å². The molecule has 0 aliphatic carbocycles. The number of para-hydroxylation sites is 2. The zero-order valence-corrected chi connectivity index (χ0v) is 23.5. The minimum Gasteiger partial charge on any atom is -0.352 e. The molecular formula is C34H24Cl2N2O3. The number of ketones is 2. The molecule has 3 aliphatic heterocycles. The number of hydrogen-bond donors (Lipinski definition) is 1. The van der Waals surface area contributed by atoms with E-state index < -0.39 is 23.4 Å². The molecule has 1 spiro atoms. The lowest BCUT2D eigenvalue weighted by Crippen LogP contribution is -2.51. The van der Waals surface area contributed by atoms with E-state index >= 15 is 0 Å². The molecule has 1 fully saturated rings. The standard InChI is InChI=1S/C34H24Cl2N2O3/c1-19-17-28-34(24-12-6-7-13-26(24)37-33(34)41)29(32(40)23-16-15-21(35)18-25(23)36)30(31(39)20-9-3-2-4-10-20)38(28)27-14-8-5-11-22(19)27/h2-18,28-30H,1H3,(H,37,41)/t28-,29+,30-,34-/m0/s1. The molecule has 202 valence electrons. The second kappa shape index (κ2) is 9.44. The van der Waals surface area contributed by atoms with Gasteiger partial charge in [0.25, 0.3) is 0 Å². The summed E-state index contributed by atoms with van der Waals surface area (Å²) in [6, 6.07) is 27.3. The van der Waals surface area contributed by atoms with Crippen LogP contribution in [-0.4, -0.2) is 29.6 Å². The quantitative estimate of drug-likeness (QED) is 0.259. The maximum absolute atomic E-state index is 14.9. The SMILES string of the molecule is CC1=C[C@@H]2N(c3ccccc31)[C@H](C(=O)c1ccccc1)[C@H](C(=O)c1ccc(Cl)cc1Cl)[C@@]21C(=O)Nc2ccccc21. The smallest absolute Gasteiger partial charge is 0.238 e. The third kappa shape index (κ3) is 3.59. The van der Waals surface area contributed by atoms with Crippen molar-refractivity contribution in [3.63, 3.8) is 0 Å². The fourth-order valence-electron chi connectivity index (χ4n) is 7.02. The first-order valence-electron chi connectivity index (χ1n) is 13.4. The van der Waals surface area contributed by atoms with Gasteiger partial charge in [0, 0.05) is 33.1 Å². The van der Waals surface area contributed by atoms with Crippen LogP contribution >= 0.6 is 23.2 Å². The van der Waals surface area contributed by atoms with Crippen molar-refractivity contribution >= 4 is 57.6 Å². The van der Waals surface area contributed by atoms with E-state index in [0.29, 0.717) is 21.8 Å². The van der Waals surface area contributed by atoms with Gasteiger partial charge < -0.3 is 10.2 Å². The summed E-state index contributed by atoms with van der Waals surface area (Å²) in [6.07, 6.45) is 2.03. The van der Waals surface area contributed by atoms with Crippen molar-refractivity contribution in [2.24, 2.45) is 5.92 Å². The number of amides is 1. The zero-order chi connectivity index (χ0) is 28.5. The van der Waals surface area contributed by atoms with Crippen molar-refractivity contribution in [3.05, 3.63) is 135 Å². The third-order valence-electron chi connectivity index (χ3n) is 8.69. The summed E-state index contributed by atoms with van der Waals surface area (Å²) in [7, 11) is 0. The van der Waals surface area contributed by atoms with Crippen LogP contribution in [0, 0.1) is 5.92 Å². The molecule has 0 bridgehead atoms. The van der Waals surface area contributed by atoms with Crippen LogP contribution in [0.2, 0.25) is 10.0 Å². The molecule has 1 N–H and O–H groups in total. The van der Waals surface area contributed by atoms with Crippen molar-refractivity contribution in [3.8, 4) is 0 Å². The highest BCUT2D eigenvalue weighted by atomic mass is 35.5. The Morgan fingerprint density at radius 3 is 2.34 bits per heavy atom. The van der Waals surface area contributed by atoms with Gasteiger partial charge in [0.15, 0.2) is 11.6 Å². The van der Waals surface area contributed by atoms with Gasteiger partial charge in [-0.25, -0.2) is 0 Å². The number of carbonyl (C=O) groups is 3. The maximum Gasteiger partial charge on any atom is 0.238 e. The number of Topliss-reactive ketones (excluding diaryl/α,β-unsaturated/α-hetero) is 2. The Labute approximate surface area is 247 Å². The summed E-state index contributed by atoms with van der Waals surface area (Å²) < 4.78 is 0. The van der Waals surface area contributed by atoms with Gasteiger partial charge >= 0.3 is 0 Å². The Morgan fingerprint density at radius 1 is 0.854 bits per heavy atom. The lowest BCUT2D eigenvalue weighted by molar-refractivity contribution is -0.121. The van der Waals surface area contributed by atoms with Gasteiger partial charge in [-0.3, -0.25) is 14.4 Å². The van der Waals surface area contributed by atoms with Gasteiger partial charge in [0.05, 0.1) is 17.0 Å². The Kier molecular flexibility index (Phi) is 5.93. The van der Waals surface area contributed by atoms with E-state index in [1.54, 1.807) is 36.4 Å². The molecule has 3 heterocycles. The largest absolute Gasteiger partial charge is 0.352 e.